The lowest BCUT2D eigenvalue weighted by Crippen LogP contribution is -2.31. The van der Waals surface area contributed by atoms with Gasteiger partial charge in [0, 0.05) is 12.6 Å². The Hall–Kier alpha value is -1.08. The van der Waals surface area contributed by atoms with Crippen molar-refractivity contribution in [3.05, 3.63) is 48.6 Å². The number of hydrogen-bond donors (Lipinski definition) is 0. The molecule has 1 atom stereocenters. The predicted octanol–water partition coefficient (Wildman–Crippen LogP) is 2.88. The van der Waals surface area contributed by atoms with E-state index in [1.807, 2.05) is 6.08 Å². The molecule has 0 saturated carbocycles. The van der Waals surface area contributed by atoms with Crippen LogP contribution in [0.4, 0.5) is 0 Å². The molecule has 80 valence electrons. The molecule has 1 nitrogen and oxygen atoms in total. The van der Waals surface area contributed by atoms with Crippen molar-refractivity contribution in [2.45, 2.75) is 25.3 Å². The Bertz CT molecular complexity index is 304. The Morgan fingerprint density at radius 1 is 1.33 bits per heavy atom. The first-order valence-electron chi connectivity index (χ1n) is 5.79. The van der Waals surface area contributed by atoms with E-state index in [1.54, 1.807) is 0 Å². The first-order chi connectivity index (χ1) is 7.40. The first kappa shape index (κ1) is 10.4. The molecule has 1 saturated heterocycles. The number of benzene rings is 1. The summed E-state index contributed by atoms with van der Waals surface area (Å²) < 4.78 is 0. The summed E-state index contributed by atoms with van der Waals surface area (Å²) in [5.74, 6) is 0. The highest BCUT2D eigenvalue weighted by atomic mass is 15.2. The van der Waals surface area contributed by atoms with Gasteiger partial charge in [-0.25, -0.2) is 0 Å². The molecule has 1 aliphatic rings. The van der Waals surface area contributed by atoms with E-state index in [-0.39, 0.29) is 0 Å². The molecular weight excluding hydrogens is 182 g/mol. The van der Waals surface area contributed by atoms with E-state index in [2.05, 4.69) is 41.8 Å². The van der Waals surface area contributed by atoms with Crippen LogP contribution in [-0.4, -0.2) is 24.0 Å². The van der Waals surface area contributed by atoms with Crippen LogP contribution < -0.4 is 0 Å². The summed E-state index contributed by atoms with van der Waals surface area (Å²) in [5.41, 5.74) is 1.46. The maximum atomic E-state index is 3.82. The molecule has 0 bridgehead atoms. The third-order valence-electron chi connectivity index (χ3n) is 3.18. The number of hydrogen-bond acceptors (Lipinski definition) is 1. The Morgan fingerprint density at radius 2 is 2.13 bits per heavy atom. The van der Waals surface area contributed by atoms with Crippen molar-refractivity contribution in [3.8, 4) is 0 Å². The van der Waals surface area contributed by atoms with Gasteiger partial charge in [0.15, 0.2) is 0 Å². The molecular formula is C14H19N. The van der Waals surface area contributed by atoms with Gasteiger partial charge >= 0.3 is 0 Å². The lowest BCUT2D eigenvalue weighted by molar-refractivity contribution is 0.279. The first-order valence-corrected chi connectivity index (χ1v) is 5.79. The minimum atomic E-state index is 0.727. The zero-order valence-corrected chi connectivity index (χ0v) is 9.23. The van der Waals surface area contributed by atoms with Gasteiger partial charge in [-0.1, -0.05) is 36.4 Å². The lowest BCUT2D eigenvalue weighted by Gasteiger charge is -2.22. The third kappa shape index (κ3) is 2.69. The topological polar surface area (TPSA) is 3.24 Å². The van der Waals surface area contributed by atoms with E-state index in [1.165, 1.54) is 31.4 Å². The van der Waals surface area contributed by atoms with Gasteiger partial charge in [0.05, 0.1) is 0 Å². The van der Waals surface area contributed by atoms with Crippen LogP contribution in [0.2, 0.25) is 0 Å². The van der Waals surface area contributed by atoms with Crippen LogP contribution in [0.5, 0.6) is 0 Å². The van der Waals surface area contributed by atoms with Crippen LogP contribution in [0.15, 0.2) is 43.0 Å². The Morgan fingerprint density at radius 3 is 2.87 bits per heavy atom. The number of nitrogens with zero attached hydrogens (tertiary/aromatic N) is 1. The molecule has 0 N–H and O–H groups in total. The Kier molecular flexibility index (Phi) is 3.57. The van der Waals surface area contributed by atoms with Gasteiger partial charge in [-0.2, -0.15) is 0 Å². The molecule has 1 aliphatic heterocycles. The minimum Gasteiger partial charge on any atom is -0.296 e. The molecule has 1 aromatic rings. The van der Waals surface area contributed by atoms with E-state index < -0.39 is 0 Å². The predicted molar refractivity (Wildman–Crippen MR) is 64.9 cm³/mol. The van der Waals surface area contributed by atoms with Gasteiger partial charge in [-0.15, -0.1) is 6.58 Å². The number of rotatable bonds is 4. The van der Waals surface area contributed by atoms with Crippen molar-refractivity contribution in [1.82, 2.24) is 4.90 Å². The summed E-state index contributed by atoms with van der Waals surface area (Å²) in [5, 5.41) is 0. The molecule has 0 unspecified atom stereocenters. The van der Waals surface area contributed by atoms with Gasteiger partial charge in [-0.3, -0.25) is 4.90 Å². The van der Waals surface area contributed by atoms with E-state index in [0.29, 0.717) is 0 Å². The SMILES string of the molecule is C=CCN1CCC[C@H]1Cc1ccccc1. The molecule has 0 aliphatic carbocycles. The van der Waals surface area contributed by atoms with Gasteiger partial charge in [0.2, 0.25) is 0 Å². The van der Waals surface area contributed by atoms with Gasteiger partial charge in [-0.05, 0) is 31.4 Å². The van der Waals surface area contributed by atoms with Crippen LogP contribution in [0, 0.1) is 0 Å². The fraction of sp³-hybridized carbons (Fsp3) is 0.429. The molecule has 1 aromatic carbocycles. The molecule has 1 fully saturated rings. The van der Waals surface area contributed by atoms with Crippen molar-refractivity contribution >= 4 is 0 Å². The Labute approximate surface area is 92.4 Å². The van der Waals surface area contributed by atoms with Gasteiger partial charge in [0.1, 0.15) is 0 Å². The molecule has 0 radical (unpaired) electrons. The maximum Gasteiger partial charge on any atom is 0.0163 e. The van der Waals surface area contributed by atoms with Crippen molar-refractivity contribution in [3.63, 3.8) is 0 Å². The van der Waals surface area contributed by atoms with Crippen molar-refractivity contribution < 1.29 is 0 Å². The van der Waals surface area contributed by atoms with Gasteiger partial charge in [0.25, 0.3) is 0 Å². The molecule has 0 amide bonds. The summed E-state index contributed by atoms with van der Waals surface area (Å²) in [6.07, 6.45) is 5.88. The maximum absolute atomic E-state index is 3.82. The molecule has 1 heteroatoms. The quantitative estimate of drug-likeness (QED) is 0.677. The van der Waals surface area contributed by atoms with Crippen molar-refractivity contribution in [1.29, 1.82) is 0 Å². The fourth-order valence-electron chi connectivity index (χ4n) is 2.42. The summed E-state index contributed by atoms with van der Waals surface area (Å²) in [7, 11) is 0. The summed E-state index contributed by atoms with van der Waals surface area (Å²) in [4.78, 5) is 2.54. The zero-order chi connectivity index (χ0) is 10.5. The summed E-state index contributed by atoms with van der Waals surface area (Å²) >= 11 is 0. The molecule has 1 heterocycles. The van der Waals surface area contributed by atoms with E-state index in [0.717, 1.165) is 12.6 Å². The number of likely N-dealkylation sites (tertiary alicyclic amines) is 1. The van der Waals surface area contributed by atoms with E-state index in [4.69, 9.17) is 0 Å². The second-order valence-corrected chi connectivity index (χ2v) is 4.27. The van der Waals surface area contributed by atoms with Crippen LogP contribution in [0.25, 0.3) is 0 Å². The zero-order valence-electron chi connectivity index (χ0n) is 9.23. The van der Waals surface area contributed by atoms with E-state index >= 15 is 0 Å². The second kappa shape index (κ2) is 5.13. The molecule has 15 heavy (non-hydrogen) atoms. The third-order valence-corrected chi connectivity index (χ3v) is 3.18. The highest BCUT2D eigenvalue weighted by Crippen LogP contribution is 2.20. The largest absolute Gasteiger partial charge is 0.296 e. The van der Waals surface area contributed by atoms with Crippen LogP contribution >= 0.6 is 0 Å². The smallest absolute Gasteiger partial charge is 0.0163 e. The minimum absolute atomic E-state index is 0.727. The second-order valence-electron chi connectivity index (χ2n) is 4.27. The van der Waals surface area contributed by atoms with Crippen molar-refractivity contribution in [2.24, 2.45) is 0 Å². The fourth-order valence-corrected chi connectivity index (χ4v) is 2.42. The molecule has 0 spiro atoms. The van der Waals surface area contributed by atoms with Crippen molar-refractivity contribution in [2.75, 3.05) is 13.1 Å². The summed E-state index contributed by atoms with van der Waals surface area (Å²) in [6.45, 7) is 6.10. The summed E-state index contributed by atoms with van der Waals surface area (Å²) in [6, 6.07) is 11.5. The normalized spacial score (nSPS) is 21.7. The van der Waals surface area contributed by atoms with Gasteiger partial charge < -0.3 is 0 Å². The standard InChI is InChI=1S/C14H19N/c1-2-10-15-11-6-9-14(15)12-13-7-4-3-5-8-13/h2-5,7-8,14H,1,6,9-12H2/t14-/m0/s1. The monoisotopic (exact) mass is 201 g/mol. The van der Waals surface area contributed by atoms with Crippen LogP contribution in [-0.2, 0) is 6.42 Å². The molecule has 0 aromatic heterocycles. The average molecular weight is 201 g/mol. The highest BCUT2D eigenvalue weighted by molar-refractivity contribution is 5.16. The average Bonchev–Trinajstić information content (AvgIpc) is 2.68. The van der Waals surface area contributed by atoms with E-state index in [9.17, 15) is 0 Å². The molecule has 2 rings (SSSR count). The van der Waals surface area contributed by atoms with Crippen LogP contribution in [0.3, 0.4) is 0 Å². The van der Waals surface area contributed by atoms with Crippen LogP contribution in [0.1, 0.15) is 18.4 Å². The highest BCUT2D eigenvalue weighted by Gasteiger charge is 2.22. The lowest BCUT2D eigenvalue weighted by atomic mass is 10.0. The Balaban J connectivity index is 1.96.